The van der Waals surface area contributed by atoms with Crippen LogP contribution in [-0.4, -0.2) is 46.4 Å². The minimum absolute atomic E-state index is 0.0494. The van der Waals surface area contributed by atoms with Crippen LogP contribution in [0.5, 0.6) is 0 Å². The highest BCUT2D eigenvalue weighted by Crippen LogP contribution is 2.55. The molecule has 2 saturated heterocycles. The number of carbonyl (C=O) groups is 3. The predicted octanol–water partition coefficient (Wildman–Crippen LogP) is 4.23. The number of ether oxygens (including phenoxy) is 1. The number of aryl methyl sites for hydroxylation is 1. The van der Waals surface area contributed by atoms with Crippen LogP contribution in [0.3, 0.4) is 0 Å². The van der Waals surface area contributed by atoms with Crippen LogP contribution in [0.4, 0.5) is 5.69 Å². The molecular formula is C32H37N3O4. The predicted molar refractivity (Wildman–Crippen MR) is 148 cm³/mol. The van der Waals surface area contributed by atoms with Gasteiger partial charge in [-0.1, -0.05) is 81.3 Å². The number of fused-ring (bicyclic) bond motifs is 1. The Morgan fingerprint density at radius 3 is 2.62 bits per heavy atom. The topological polar surface area (TPSA) is 87.7 Å². The molecule has 1 aliphatic carbocycles. The summed E-state index contributed by atoms with van der Waals surface area (Å²) in [4.78, 5) is 43.6. The first-order valence-electron chi connectivity index (χ1n) is 14.2. The van der Waals surface area contributed by atoms with Gasteiger partial charge in [0.1, 0.15) is 11.6 Å². The monoisotopic (exact) mass is 527 g/mol. The average molecular weight is 528 g/mol. The van der Waals surface area contributed by atoms with Crippen LogP contribution in [0.25, 0.3) is 0 Å². The summed E-state index contributed by atoms with van der Waals surface area (Å²) < 4.78 is 6.49. The van der Waals surface area contributed by atoms with Crippen LogP contribution in [0.15, 0.2) is 66.7 Å². The quantitative estimate of drug-likeness (QED) is 0.551. The zero-order valence-corrected chi connectivity index (χ0v) is 22.8. The number of nitrogens with zero attached hydrogens (tertiary/aromatic N) is 1. The summed E-state index contributed by atoms with van der Waals surface area (Å²) in [6.07, 6.45) is 6.34. The summed E-state index contributed by atoms with van der Waals surface area (Å²) >= 11 is 0. The van der Waals surface area contributed by atoms with Gasteiger partial charge in [0.15, 0.2) is 0 Å². The first kappa shape index (κ1) is 25.8. The maximum Gasteiger partial charge on any atom is 0.246 e. The number of rotatable bonds is 6. The molecule has 3 aliphatic heterocycles. The lowest BCUT2D eigenvalue weighted by molar-refractivity contribution is -0.142. The molecule has 1 saturated carbocycles. The van der Waals surface area contributed by atoms with Gasteiger partial charge in [0, 0.05) is 18.3 Å². The molecule has 3 heterocycles. The van der Waals surface area contributed by atoms with Gasteiger partial charge in [-0.05, 0) is 48.4 Å². The largest absolute Gasteiger partial charge is 0.359 e. The molecule has 2 aromatic rings. The maximum absolute atomic E-state index is 14.2. The molecule has 7 nitrogen and oxygen atoms in total. The van der Waals surface area contributed by atoms with E-state index in [0.717, 1.165) is 30.4 Å². The molecular weight excluding hydrogens is 490 g/mol. The van der Waals surface area contributed by atoms with E-state index in [9.17, 15) is 14.4 Å². The van der Waals surface area contributed by atoms with Crippen molar-refractivity contribution in [2.45, 2.75) is 70.4 Å². The zero-order valence-electron chi connectivity index (χ0n) is 22.8. The van der Waals surface area contributed by atoms with E-state index in [0.29, 0.717) is 17.5 Å². The van der Waals surface area contributed by atoms with Gasteiger partial charge < -0.3 is 20.3 Å². The van der Waals surface area contributed by atoms with Gasteiger partial charge >= 0.3 is 0 Å². The fourth-order valence-electron chi connectivity index (χ4n) is 7.21. The Hall–Kier alpha value is -3.45. The average Bonchev–Trinajstić information content (AvgIpc) is 3.55. The van der Waals surface area contributed by atoms with E-state index in [2.05, 4.69) is 24.5 Å². The van der Waals surface area contributed by atoms with Gasteiger partial charge in [0.2, 0.25) is 17.7 Å². The Kier molecular flexibility index (Phi) is 6.58. The SMILES string of the molecule is Cc1cccc(NC(=O)C2[C@H]3C=CC4(O3)C(C(=O)NC3CCCC(C)C3C)N(Cc3ccccc3)C(=O)[C@@H]24)c1. The van der Waals surface area contributed by atoms with Gasteiger partial charge in [-0.2, -0.15) is 0 Å². The highest BCUT2D eigenvalue weighted by molar-refractivity contribution is 6.02. The Labute approximate surface area is 230 Å². The lowest BCUT2D eigenvalue weighted by atomic mass is 9.73. The first-order chi connectivity index (χ1) is 18.8. The number of hydrogen-bond acceptors (Lipinski definition) is 4. The van der Waals surface area contributed by atoms with Gasteiger partial charge in [-0.3, -0.25) is 14.4 Å². The number of carbonyl (C=O) groups excluding carboxylic acids is 3. The highest BCUT2D eigenvalue weighted by Gasteiger charge is 2.72. The molecule has 7 heteroatoms. The second-order valence-corrected chi connectivity index (χ2v) is 11.9. The summed E-state index contributed by atoms with van der Waals surface area (Å²) in [6.45, 7) is 6.68. The van der Waals surface area contributed by atoms with Crippen LogP contribution in [-0.2, 0) is 25.7 Å². The van der Waals surface area contributed by atoms with E-state index in [4.69, 9.17) is 4.74 Å². The normalized spacial score (nSPS) is 34.7. The molecule has 1 spiro atoms. The minimum atomic E-state index is -1.17. The molecule has 39 heavy (non-hydrogen) atoms. The van der Waals surface area contributed by atoms with Crippen LogP contribution in [0.2, 0.25) is 0 Å². The number of benzene rings is 2. The zero-order chi connectivity index (χ0) is 27.3. The molecule has 0 aromatic heterocycles. The molecule has 8 atom stereocenters. The van der Waals surface area contributed by atoms with E-state index in [1.165, 1.54) is 0 Å². The molecule has 4 aliphatic rings. The van der Waals surface area contributed by atoms with Crippen molar-refractivity contribution in [3.8, 4) is 0 Å². The summed E-state index contributed by atoms with van der Waals surface area (Å²) in [6, 6.07) is 16.5. The van der Waals surface area contributed by atoms with Crippen LogP contribution in [0, 0.1) is 30.6 Å². The Morgan fingerprint density at radius 2 is 1.85 bits per heavy atom. The summed E-state index contributed by atoms with van der Waals surface area (Å²) in [5.74, 6) is -1.27. The fourth-order valence-corrected chi connectivity index (χ4v) is 7.21. The molecule has 2 N–H and O–H groups in total. The van der Waals surface area contributed by atoms with E-state index in [1.54, 1.807) is 4.90 Å². The van der Waals surface area contributed by atoms with Crippen LogP contribution >= 0.6 is 0 Å². The highest BCUT2D eigenvalue weighted by atomic mass is 16.5. The summed E-state index contributed by atoms with van der Waals surface area (Å²) in [5.41, 5.74) is 1.47. The standard InChI is InChI=1S/C32H37N3O4/c1-19-9-7-13-23(17-19)33-29(36)26-25-15-16-32(39-25)27(26)31(38)35(18-22-11-5-4-6-12-22)28(32)30(37)34-24-14-8-10-20(2)21(24)3/h4-7,9,11-13,15-17,20-21,24-28H,8,10,14,18H2,1-3H3,(H,33,36)(H,34,37)/t20?,21?,24?,25-,26?,27-,28?,32?/m1/s1. The van der Waals surface area contributed by atoms with E-state index in [1.807, 2.05) is 73.7 Å². The molecule has 2 bridgehead atoms. The Bertz CT molecular complexity index is 1310. The third-order valence-electron chi connectivity index (χ3n) is 9.44. The van der Waals surface area contributed by atoms with Gasteiger partial charge in [-0.25, -0.2) is 0 Å². The maximum atomic E-state index is 14.2. The molecule has 2 aromatic carbocycles. The fraction of sp³-hybridized carbons (Fsp3) is 0.469. The van der Waals surface area contributed by atoms with Crippen molar-refractivity contribution in [1.82, 2.24) is 10.2 Å². The number of likely N-dealkylation sites (tertiary alicyclic amines) is 1. The minimum Gasteiger partial charge on any atom is -0.359 e. The molecule has 3 fully saturated rings. The van der Waals surface area contributed by atoms with Crippen molar-refractivity contribution in [3.05, 3.63) is 77.9 Å². The molecule has 6 unspecified atom stereocenters. The Balaban J connectivity index is 1.33. The number of amides is 3. The molecule has 204 valence electrons. The van der Waals surface area contributed by atoms with Crippen LogP contribution in [0.1, 0.15) is 44.2 Å². The third kappa shape index (κ3) is 4.37. The Morgan fingerprint density at radius 1 is 1.05 bits per heavy atom. The number of hydrogen-bond donors (Lipinski definition) is 2. The van der Waals surface area contributed by atoms with Crippen molar-refractivity contribution in [1.29, 1.82) is 0 Å². The summed E-state index contributed by atoms with van der Waals surface area (Å²) in [7, 11) is 0. The van der Waals surface area contributed by atoms with Crippen LogP contribution < -0.4 is 10.6 Å². The van der Waals surface area contributed by atoms with Gasteiger partial charge in [0.25, 0.3) is 0 Å². The van der Waals surface area contributed by atoms with E-state index < -0.39 is 29.6 Å². The molecule has 6 rings (SSSR count). The lowest BCUT2D eigenvalue weighted by Crippen LogP contribution is -2.57. The molecule has 0 radical (unpaired) electrons. The smallest absolute Gasteiger partial charge is 0.246 e. The van der Waals surface area contributed by atoms with Crippen molar-refractivity contribution >= 4 is 23.4 Å². The number of nitrogens with one attached hydrogen (secondary N) is 2. The first-order valence-corrected chi connectivity index (χ1v) is 14.2. The summed E-state index contributed by atoms with van der Waals surface area (Å²) in [5, 5.41) is 6.31. The number of anilines is 1. The van der Waals surface area contributed by atoms with Crippen molar-refractivity contribution in [2.75, 3.05) is 5.32 Å². The second-order valence-electron chi connectivity index (χ2n) is 11.9. The van der Waals surface area contributed by atoms with Crippen molar-refractivity contribution in [3.63, 3.8) is 0 Å². The van der Waals surface area contributed by atoms with Gasteiger partial charge in [-0.15, -0.1) is 0 Å². The lowest BCUT2D eigenvalue weighted by Gasteiger charge is -2.38. The second kappa shape index (κ2) is 9.94. The van der Waals surface area contributed by atoms with Crippen molar-refractivity contribution < 1.29 is 19.1 Å². The molecule has 3 amide bonds. The van der Waals surface area contributed by atoms with E-state index >= 15 is 0 Å². The third-order valence-corrected chi connectivity index (χ3v) is 9.44. The van der Waals surface area contributed by atoms with Gasteiger partial charge in [0.05, 0.1) is 17.9 Å². The van der Waals surface area contributed by atoms with Crippen molar-refractivity contribution in [2.24, 2.45) is 23.7 Å². The van der Waals surface area contributed by atoms with E-state index in [-0.39, 0.29) is 30.3 Å².